The van der Waals surface area contributed by atoms with Gasteiger partial charge in [0.25, 0.3) is 0 Å². The summed E-state index contributed by atoms with van der Waals surface area (Å²) < 4.78 is 8.30. The summed E-state index contributed by atoms with van der Waals surface area (Å²) in [5.74, 6) is 1.96. The molecule has 0 saturated carbocycles. The van der Waals surface area contributed by atoms with Crippen LogP contribution in [-0.4, -0.2) is 28.6 Å². The van der Waals surface area contributed by atoms with Gasteiger partial charge >= 0.3 is 0 Å². The van der Waals surface area contributed by atoms with Crippen LogP contribution in [0.2, 0.25) is 5.02 Å². The Hall–Kier alpha value is -3.31. The van der Waals surface area contributed by atoms with Gasteiger partial charge in [0, 0.05) is 24.5 Å². The largest absolute Gasteiger partial charge is 0.494 e. The van der Waals surface area contributed by atoms with E-state index in [1.54, 1.807) is 0 Å². The monoisotopic (exact) mass is 517 g/mol. The molecule has 37 heavy (non-hydrogen) atoms. The summed E-state index contributed by atoms with van der Waals surface area (Å²) in [4.78, 5) is 17.2. The number of fused-ring (bicyclic) bond motifs is 1. The summed E-state index contributed by atoms with van der Waals surface area (Å²) in [6.07, 6.45) is 2.86. The van der Waals surface area contributed by atoms with Gasteiger partial charge in [-0.1, -0.05) is 68.8 Å². The first-order valence-corrected chi connectivity index (χ1v) is 13.4. The number of ether oxygens (including phenoxy) is 1. The van der Waals surface area contributed by atoms with Crippen LogP contribution in [0.15, 0.2) is 72.8 Å². The van der Waals surface area contributed by atoms with Crippen LogP contribution in [0.4, 0.5) is 0 Å². The predicted molar refractivity (Wildman–Crippen MR) is 151 cm³/mol. The topological polar surface area (TPSA) is 56.1 Å². The van der Waals surface area contributed by atoms with Crippen LogP contribution in [0.25, 0.3) is 11.0 Å². The maximum absolute atomic E-state index is 12.3. The number of hydrogen-bond acceptors (Lipinski definition) is 3. The second-order valence-corrected chi connectivity index (χ2v) is 10.8. The Balaban J connectivity index is 1.28. The van der Waals surface area contributed by atoms with E-state index in [0.717, 1.165) is 54.0 Å². The Kier molecular flexibility index (Phi) is 8.88. The van der Waals surface area contributed by atoms with E-state index < -0.39 is 0 Å². The predicted octanol–water partition coefficient (Wildman–Crippen LogP) is 6.75. The number of rotatable bonds is 11. The molecule has 0 saturated heterocycles. The van der Waals surface area contributed by atoms with Crippen LogP contribution in [0.1, 0.15) is 50.6 Å². The van der Waals surface area contributed by atoms with Crippen molar-refractivity contribution in [2.75, 3.05) is 13.2 Å². The fourth-order valence-corrected chi connectivity index (χ4v) is 4.48. The van der Waals surface area contributed by atoms with Crippen LogP contribution in [0.3, 0.4) is 0 Å². The lowest BCUT2D eigenvalue weighted by atomic mass is 9.87. The van der Waals surface area contributed by atoms with Crippen molar-refractivity contribution < 1.29 is 9.53 Å². The number of hydrogen-bond donors (Lipinski definition) is 1. The molecular formula is C31H36ClN3O2. The first-order chi connectivity index (χ1) is 17.8. The molecule has 5 nitrogen and oxygen atoms in total. The van der Waals surface area contributed by atoms with E-state index in [0.29, 0.717) is 24.6 Å². The molecule has 1 N–H and O–H groups in total. The van der Waals surface area contributed by atoms with Crippen molar-refractivity contribution in [2.45, 2.75) is 58.4 Å². The molecule has 4 rings (SSSR count). The average molecular weight is 518 g/mol. The summed E-state index contributed by atoms with van der Waals surface area (Å²) in [5, 5.41) is 3.70. The lowest BCUT2D eigenvalue weighted by Crippen LogP contribution is -2.26. The molecule has 1 heterocycles. The number of amides is 1. The number of halogens is 1. The Labute approximate surface area is 224 Å². The van der Waals surface area contributed by atoms with Crippen molar-refractivity contribution in [1.82, 2.24) is 14.9 Å². The molecule has 0 atom stereocenters. The minimum atomic E-state index is 0.0171. The zero-order valence-electron chi connectivity index (χ0n) is 22.0. The van der Waals surface area contributed by atoms with Crippen LogP contribution in [-0.2, 0) is 29.6 Å². The number of nitrogens with zero attached hydrogens (tertiary/aromatic N) is 2. The second-order valence-electron chi connectivity index (χ2n) is 10.4. The van der Waals surface area contributed by atoms with Crippen molar-refractivity contribution in [3.63, 3.8) is 0 Å². The van der Waals surface area contributed by atoms with Crippen molar-refractivity contribution in [2.24, 2.45) is 0 Å². The smallest absolute Gasteiger partial charge is 0.224 e. The normalized spacial score (nSPS) is 11.6. The molecule has 0 aliphatic rings. The zero-order chi connectivity index (χ0) is 26.3. The lowest BCUT2D eigenvalue weighted by Gasteiger charge is -2.19. The number of aromatic nitrogens is 2. The Morgan fingerprint density at radius 2 is 1.70 bits per heavy atom. The van der Waals surface area contributed by atoms with Gasteiger partial charge in [0.2, 0.25) is 5.91 Å². The minimum Gasteiger partial charge on any atom is -0.494 e. The molecule has 0 radical (unpaired) electrons. The minimum absolute atomic E-state index is 0.0171. The molecule has 194 valence electrons. The highest BCUT2D eigenvalue weighted by Gasteiger charge is 2.13. The Morgan fingerprint density at radius 3 is 2.43 bits per heavy atom. The lowest BCUT2D eigenvalue weighted by molar-refractivity contribution is -0.120. The van der Waals surface area contributed by atoms with Crippen molar-refractivity contribution >= 4 is 28.5 Å². The van der Waals surface area contributed by atoms with E-state index in [1.165, 1.54) is 5.56 Å². The molecular weight excluding hydrogens is 482 g/mol. The first kappa shape index (κ1) is 26.7. The highest BCUT2D eigenvalue weighted by molar-refractivity contribution is 6.30. The van der Waals surface area contributed by atoms with Gasteiger partial charge in [-0.3, -0.25) is 4.79 Å². The van der Waals surface area contributed by atoms with Gasteiger partial charge in [-0.15, -0.1) is 0 Å². The van der Waals surface area contributed by atoms with Gasteiger partial charge in [0.15, 0.2) is 0 Å². The quantitative estimate of drug-likeness (QED) is 0.224. The maximum atomic E-state index is 12.3. The molecule has 0 unspecified atom stereocenters. The number of carbonyl (C=O) groups is 1. The highest BCUT2D eigenvalue weighted by atomic mass is 35.5. The molecule has 0 bridgehead atoms. The fourth-order valence-electron chi connectivity index (χ4n) is 4.35. The van der Waals surface area contributed by atoms with Crippen LogP contribution < -0.4 is 10.1 Å². The van der Waals surface area contributed by atoms with Gasteiger partial charge < -0.3 is 14.6 Å². The third-order valence-electron chi connectivity index (χ3n) is 6.43. The average Bonchev–Trinajstić information content (AvgIpc) is 3.23. The molecule has 3 aromatic carbocycles. The Morgan fingerprint density at radius 1 is 0.973 bits per heavy atom. The standard InChI is InChI=1S/C31H36ClN3O2/c1-31(2,3)24-13-17-26(18-14-24)37-21-7-20-35-28-9-5-4-8-27(28)34-29(35)10-6-19-33-30(36)22-23-11-15-25(32)16-12-23/h4-5,8-9,11-18H,6-7,10,19-22H2,1-3H3,(H,33,36). The molecule has 0 aliphatic heterocycles. The molecule has 1 aromatic heterocycles. The number of benzene rings is 3. The van der Waals surface area contributed by atoms with E-state index >= 15 is 0 Å². The Bertz CT molecular complexity index is 1310. The van der Waals surface area contributed by atoms with Gasteiger partial charge in [-0.25, -0.2) is 4.98 Å². The summed E-state index contributed by atoms with van der Waals surface area (Å²) in [7, 11) is 0. The molecule has 6 heteroatoms. The third kappa shape index (κ3) is 7.59. The van der Waals surface area contributed by atoms with Crippen molar-refractivity contribution in [1.29, 1.82) is 0 Å². The summed E-state index contributed by atoms with van der Waals surface area (Å²) in [6, 6.07) is 24.0. The van der Waals surface area contributed by atoms with E-state index in [-0.39, 0.29) is 11.3 Å². The molecule has 1 amide bonds. The highest BCUT2D eigenvalue weighted by Crippen LogP contribution is 2.24. The molecule has 4 aromatic rings. The number of aryl methyl sites for hydroxylation is 2. The number of carbonyl (C=O) groups excluding carboxylic acids is 1. The molecule has 0 spiro atoms. The maximum Gasteiger partial charge on any atom is 0.224 e. The van der Waals surface area contributed by atoms with Crippen molar-refractivity contribution in [3.05, 3.63) is 94.8 Å². The summed E-state index contributed by atoms with van der Waals surface area (Å²) in [6.45, 7) is 8.73. The van der Waals surface area contributed by atoms with E-state index in [4.69, 9.17) is 21.3 Å². The number of imidazole rings is 1. The number of nitrogens with one attached hydrogen (secondary N) is 1. The van der Waals surface area contributed by atoms with E-state index in [9.17, 15) is 4.79 Å². The second kappa shape index (κ2) is 12.3. The van der Waals surface area contributed by atoms with Gasteiger partial charge in [0.05, 0.1) is 24.1 Å². The van der Waals surface area contributed by atoms with Crippen molar-refractivity contribution in [3.8, 4) is 5.75 Å². The third-order valence-corrected chi connectivity index (χ3v) is 6.68. The SMILES string of the molecule is CC(C)(C)c1ccc(OCCCn2c(CCCNC(=O)Cc3ccc(Cl)cc3)nc3ccccc32)cc1. The summed E-state index contributed by atoms with van der Waals surface area (Å²) in [5.41, 5.74) is 4.53. The van der Waals surface area contributed by atoms with Gasteiger partial charge in [0.1, 0.15) is 11.6 Å². The van der Waals surface area contributed by atoms with Gasteiger partial charge in [-0.2, -0.15) is 0 Å². The number of para-hydroxylation sites is 2. The van der Waals surface area contributed by atoms with E-state index in [2.05, 4.69) is 73.1 Å². The molecule has 0 aliphatic carbocycles. The van der Waals surface area contributed by atoms with E-state index in [1.807, 2.05) is 30.3 Å². The van der Waals surface area contributed by atoms with Crippen LogP contribution in [0.5, 0.6) is 5.75 Å². The summed E-state index contributed by atoms with van der Waals surface area (Å²) >= 11 is 5.92. The fraction of sp³-hybridized carbons (Fsp3) is 0.355. The van der Waals surface area contributed by atoms with Crippen LogP contribution in [0, 0.1) is 0 Å². The van der Waals surface area contributed by atoms with Crippen LogP contribution >= 0.6 is 11.6 Å². The first-order valence-electron chi connectivity index (χ1n) is 13.0. The molecule has 0 fully saturated rings. The zero-order valence-corrected chi connectivity index (χ0v) is 22.7. The van der Waals surface area contributed by atoms with Gasteiger partial charge in [-0.05, 0) is 65.8 Å².